The molecule has 0 atom stereocenters. The average molecular weight is 737 g/mol. The number of nitrogens with zero attached hydrogens (tertiary/aromatic N) is 4. The van der Waals surface area contributed by atoms with E-state index in [9.17, 15) is 30.6 Å². The minimum Gasteiger partial charge on any atom is -0.506 e. The number of hydrogen-bond acceptors (Lipinski definition) is 10. The van der Waals surface area contributed by atoms with Gasteiger partial charge in [-0.15, -0.1) is 0 Å². The summed E-state index contributed by atoms with van der Waals surface area (Å²) in [4.78, 5) is 14.3. The summed E-state index contributed by atoms with van der Waals surface area (Å²) in [6.07, 6.45) is 0. The molecule has 0 unspecified atom stereocenters. The van der Waals surface area contributed by atoms with E-state index in [-0.39, 0.29) is 45.1 Å². The zero-order valence-corrected chi connectivity index (χ0v) is 29.1. The van der Waals surface area contributed by atoms with Crippen molar-refractivity contribution in [2.45, 2.75) is 0 Å². The van der Waals surface area contributed by atoms with Gasteiger partial charge in [-0.05, 0) is 23.3 Å². The van der Waals surface area contributed by atoms with E-state index in [1.165, 1.54) is 0 Å². The number of aromatic hydroxyl groups is 6. The Bertz CT molecular complexity index is 3140. The van der Waals surface area contributed by atoms with Crippen LogP contribution in [0.25, 0.3) is 94.7 Å². The zero-order valence-electron chi connectivity index (χ0n) is 29.1. The Hall–Kier alpha value is -8.05. The molecule has 11 nitrogen and oxygen atoms in total. The highest BCUT2D eigenvalue weighted by atomic mass is 16.4. The predicted octanol–water partition coefficient (Wildman–Crippen LogP) is 9.77. The Morgan fingerprint density at radius 1 is 0.393 bits per heavy atom. The molecule has 11 heteroatoms. The molecule has 56 heavy (non-hydrogen) atoms. The van der Waals surface area contributed by atoms with Crippen molar-refractivity contribution in [1.82, 2.24) is 19.5 Å². The Balaban J connectivity index is 1.40. The molecule has 0 aliphatic heterocycles. The van der Waals surface area contributed by atoms with Crippen LogP contribution in [0.3, 0.4) is 0 Å². The molecule has 10 aromatic rings. The Morgan fingerprint density at radius 2 is 0.911 bits per heavy atom. The van der Waals surface area contributed by atoms with Crippen molar-refractivity contribution in [2.75, 3.05) is 0 Å². The van der Waals surface area contributed by atoms with Gasteiger partial charge in [0, 0.05) is 21.9 Å². The predicted molar refractivity (Wildman–Crippen MR) is 213 cm³/mol. The average Bonchev–Trinajstić information content (AvgIpc) is 3.81. The van der Waals surface area contributed by atoms with Crippen molar-refractivity contribution >= 4 is 43.7 Å². The van der Waals surface area contributed by atoms with Crippen LogP contribution in [0.4, 0.5) is 0 Å². The third kappa shape index (κ3) is 4.67. The van der Waals surface area contributed by atoms with Crippen molar-refractivity contribution in [3.05, 3.63) is 133 Å². The fourth-order valence-corrected chi connectivity index (χ4v) is 7.59. The van der Waals surface area contributed by atoms with E-state index in [0.29, 0.717) is 22.2 Å². The van der Waals surface area contributed by atoms with E-state index >= 15 is 0 Å². The molecule has 6 N–H and O–H groups in total. The van der Waals surface area contributed by atoms with E-state index in [4.69, 9.17) is 19.4 Å². The van der Waals surface area contributed by atoms with Crippen molar-refractivity contribution in [1.29, 1.82) is 0 Å². The molecule has 3 heterocycles. The first kappa shape index (κ1) is 32.6. The second-order valence-electron chi connectivity index (χ2n) is 13.3. The topological polar surface area (TPSA) is 178 Å². The van der Waals surface area contributed by atoms with Crippen LogP contribution in [0.5, 0.6) is 34.5 Å². The summed E-state index contributed by atoms with van der Waals surface area (Å²) < 4.78 is 8.00. The molecule has 3 aromatic heterocycles. The van der Waals surface area contributed by atoms with Crippen molar-refractivity contribution in [2.24, 2.45) is 0 Å². The van der Waals surface area contributed by atoms with Crippen LogP contribution in [0, 0.1) is 0 Å². The van der Waals surface area contributed by atoms with Crippen molar-refractivity contribution in [3.8, 4) is 85.5 Å². The molecule has 0 saturated heterocycles. The van der Waals surface area contributed by atoms with Gasteiger partial charge in [-0.2, -0.15) is 0 Å². The standard InChI is InChI=1S/C45H28N4O7/c50-35-31-32-37(52)38(53)39(54)40(55)42(32)56-41(31)34(49-28-21-11-10-19-27(28)30-26(20-12-22-29(30)49)23-13-4-1-5-14-23)36(51)33(35)45-47-43(24-15-6-2-7-16-24)46-44(48-45)25-17-8-3-9-18-25/h1-22,50-55H. The van der Waals surface area contributed by atoms with Gasteiger partial charge in [0.15, 0.2) is 40.1 Å². The Kier molecular flexibility index (Phi) is 7.13. The minimum atomic E-state index is -1.03. The molecule has 0 aliphatic rings. The second kappa shape index (κ2) is 12.3. The lowest BCUT2D eigenvalue weighted by Gasteiger charge is -2.16. The van der Waals surface area contributed by atoms with Crippen LogP contribution < -0.4 is 0 Å². The summed E-state index contributed by atoms with van der Waals surface area (Å²) in [5.41, 5.74) is 3.57. The number of para-hydroxylation sites is 1. The molecule has 0 amide bonds. The van der Waals surface area contributed by atoms with Crippen molar-refractivity contribution < 1.29 is 35.1 Å². The summed E-state index contributed by atoms with van der Waals surface area (Å²) in [5, 5.41) is 69.9. The zero-order chi connectivity index (χ0) is 38.2. The van der Waals surface area contributed by atoms with Crippen LogP contribution in [0.1, 0.15) is 0 Å². The lowest BCUT2D eigenvalue weighted by Crippen LogP contribution is -2.02. The summed E-state index contributed by atoms with van der Waals surface area (Å²) in [7, 11) is 0. The highest BCUT2D eigenvalue weighted by Gasteiger charge is 2.34. The van der Waals surface area contributed by atoms with E-state index in [1.807, 2.05) is 133 Å². The lowest BCUT2D eigenvalue weighted by atomic mass is 9.99. The highest BCUT2D eigenvalue weighted by molar-refractivity contribution is 6.22. The van der Waals surface area contributed by atoms with Crippen LogP contribution in [0.2, 0.25) is 0 Å². The van der Waals surface area contributed by atoms with Gasteiger partial charge in [-0.25, -0.2) is 15.0 Å². The first-order valence-corrected chi connectivity index (χ1v) is 17.6. The van der Waals surface area contributed by atoms with Gasteiger partial charge in [0.2, 0.25) is 17.2 Å². The third-order valence-corrected chi connectivity index (χ3v) is 10.1. The van der Waals surface area contributed by atoms with E-state index in [1.54, 1.807) is 4.57 Å². The molecule has 0 spiro atoms. The smallest absolute Gasteiger partial charge is 0.208 e. The monoisotopic (exact) mass is 736 g/mol. The fourth-order valence-electron chi connectivity index (χ4n) is 7.59. The molecule has 0 bridgehead atoms. The Morgan fingerprint density at radius 3 is 1.55 bits per heavy atom. The molecular formula is C45H28N4O7. The van der Waals surface area contributed by atoms with E-state index in [2.05, 4.69) is 0 Å². The van der Waals surface area contributed by atoms with Crippen LogP contribution in [-0.2, 0) is 0 Å². The molecule has 10 rings (SSSR count). The van der Waals surface area contributed by atoms with Gasteiger partial charge in [0.25, 0.3) is 0 Å². The maximum Gasteiger partial charge on any atom is 0.208 e. The maximum atomic E-state index is 12.7. The van der Waals surface area contributed by atoms with Gasteiger partial charge in [-0.3, -0.25) is 0 Å². The highest BCUT2D eigenvalue weighted by Crippen LogP contribution is 2.58. The minimum absolute atomic E-state index is 0.00104. The number of fused-ring (bicyclic) bond motifs is 6. The first-order valence-electron chi connectivity index (χ1n) is 17.6. The van der Waals surface area contributed by atoms with Gasteiger partial charge >= 0.3 is 0 Å². The lowest BCUT2D eigenvalue weighted by molar-refractivity contribution is 0.348. The molecule has 0 saturated carbocycles. The normalized spacial score (nSPS) is 11.6. The van der Waals surface area contributed by atoms with Gasteiger partial charge in [0.05, 0.1) is 21.8 Å². The van der Waals surface area contributed by atoms with E-state index in [0.717, 1.165) is 21.9 Å². The largest absolute Gasteiger partial charge is 0.506 e. The Labute approximate surface area is 316 Å². The maximum absolute atomic E-state index is 12.7. The summed E-state index contributed by atoms with van der Waals surface area (Å²) >= 11 is 0. The number of furan rings is 1. The van der Waals surface area contributed by atoms with Crippen molar-refractivity contribution in [3.63, 3.8) is 0 Å². The number of aromatic nitrogens is 4. The summed E-state index contributed by atoms with van der Waals surface area (Å²) in [5.74, 6) is -4.57. The molecule has 7 aromatic carbocycles. The quantitative estimate of drug-likeness (QED) is 0.0736. The SMILES string of the molecule is Oc1c(O)c(O)c2c(oc3c(-n4c5ccccc5c5c(-c6ccccc6)cccc54)c(O)c(-c4nc(-c5ccccc5)nc(-c5ccccc5)n4)c(O)c32)c1O. The van der Waals surface area contributed by atoms with Gasteiger partial charge in [0.1, 0.15) is 17.0 Å². The van der Waals surface area contributed by atoms with Crippen LogP contribution >= 0.6 is 0 Å². The molecule has 0 fully saturated rings. The summed E-state index contributed by atoms with van der Waals surface area (Å²) in [6, 6.07) is 41.6. The molecule has 0 radical (unpaired) electrons. The molecule has 270 valence electrons. The number of benzene rings is 7. The van der Waals surface area contributed by atoms with E-state index < -0.39 is 40.1 Å². The second-order valence-corrected chi connectivity index (χ2v) is 13.3. The molecular weight excluding hydrogens is 709 g/mol. The third-order valence-electron chi connectivity index (χ3n) is 10.1. The number of rotatable bonds is 5. The number of phenols is 6. The first-order chi connectivity index (χ1) is 27.3. The van der Waals surface area contributed by atoms with Gasteiger partial charge in [-0.1, -0.05) is 121 Å². The summed E-state index contributed by atoms with van der Waals surface area (Å²) in [6.45, 7) is 0. The van der Waals surface area contributed by atoms with Crippen LogP contribution in [0.15, 0.2) is 138 Å². The molecule has 0 aliphatic carbocycles. The fraction of sp³-hybridized carbons (Fsp3) is 0. The van der Waals surface area contributed by atoms with Gasteiger partial charge < -0.3 is 39.6 Å². The number of phenolic OH excluding ortho intramolecular Hbond substituents is 6. The number of hydrogen-bond donors (Lipinski definition) is 6. The van der Waals surface area contributed by atoms with Crippen LogP contribution in [-0.4, -0.2) is 50.2 Å².